The lowest BCUT2D eigenvalue weighted by atomic mass is 9.83. The Kier molecular flexibility index (Phi) is 3.01. The summed E-state index contributed by atoms with van der Waals surface area (Å²) in [7, 11) is 1.48. The fourth-order valence-electron chi connectivity index (χ4n) is 1.31. The number of carboxylic acid groups (broad SMARTS) is 1. The fourth-order valence-corrected chi connectivity index (χ4v) is 1.31. The van der Waals surface area contributed by atoms with Crippen molar-refractivity contribution in [2.45, 2.75) is 12.3 Å². The standard InChI is InChI=1S/C12H12O3/c1-4-12(2,11(13)14)9-7-5-6-8-10(9)15-3/h1,5-8H,2-3H3,(H,13,14). The average molecular weight is 204 g/mol. The Labute approximate surface area is 88.7 Å². The number of carbonyl (C=O) groups is 1. The van der Waals surface area contributed by atoms with E-state index in [4.69, 9.17) is 16.3 Å². The molecule has 3 nitrogen and oxygen atoms in total. The van der Waals surface area contributed by atoms with Crippen LogP contribution < -0.4 is 4.74 Å². The number of hydrogen-bond acceptors (Lipinski definition) is 2. The lowest BCUT2D eigenvalue weighted by Gasteiger charge is -2.20. The third kappa shape index (κ3) is 1.79. The van der Waals surface area contributed by atoms with Gasteiger partial charge in [0.2, 0.25) is 0 Å². The number of benzene rings is 1. The molecule has 1 aromatic carbocycles. The first kappa shape index (κ1) is 11.1. The van der Waals surface area contributed by atoms with E-state index >= 15 is 0 Å². The van der Waals surface area contributed by atoms with Crippen molar-refractivity contribution in [1.82, 2.24) is 0 Å². The van der Waals surface area contributed by atoms with Crippen molar-refractivity contribution in [2.75, 3.05) is 7.11 Å². The highest BCUT2D eigenvalue weighted by Crippen LogP contribution is 2.31. The Balaban J connectivity index is 3.37. The molecule has 0 aliphatic rings. The Morgan fingerprint density at radius 3 is 2.60 bits per heavy atom. The minimum Gasteiger partial charge on any atom is -0.496 e. The van der Waals surface area contributed by atoms with Gasteiger partial charge < -0.3 is 9.84 Å². The van der Waals surface area contributed by atoms with Crippen LogP contribution in [-0.4, -0.2) is 18.2 Å². The number of ether oxygens (including phenoxy) is 1. The molecule has 0 heterocycles. The minimum absolute atomic E-state index is 0.486. The Hall–Kier alpha value is -1.95. The van der Waals surface area contributed by atoms with Crippen LogP contribution in [0.2, 0.25) is 0 Å². The molecule has 0 saturated heterocycles. The second-order valence-corrected chi connectivity index (χ2v) is 3.27. The SMILES string of the molecule is C#CC(C)(C(=O)O)c1ccccc1OC. The van der Waals surface area contributed by atoms with Gasteiger partial charge in [0, 0.05) is 5.56 Å². The summed E-state index contributed by atoms with van der Waals surface area (Å²) in [4.78, 5) is 11.1. The van der Waals surface area contributed by atoms with Crippen LogP contribution in [0.5, 0.6) is 5.75 Å². The molecule has 3 heteroatoms. The predicted octanol–water partition coefficient (Wildman–Crippen LogP) is 1.67. The van der Waals surface area contributed by atoms with Crippen molar-refractivity contribution in [2.24, 2.45) is 0 Å². The van der Waals surface area contributed by atoms with E-state index in [0.717, 1.165) is 0 Å². The van der Waals surface area contributed by atoms with E-state index in [1.807, 2.05) is 0 Å². The summed E-state index contributed by atoms with van der Waals surface area (Å²) >= 11 is 0. The van der Waals surface area contributed by atoms with Gasteiger partial charge in [-0.15, -0.1) is 6.42 Å². The molecule has 1 rings (SSSR count). The van der Waals surface area contributed by atoms with Crippen LogP contribution in [0, 0.1) is 12.3 Å². The van der Waals surface area contributed by atoms with Crippen molar-refractivity contribution < 1.29 is 14.6 Å². The molecular formula is C12H12O3. The van der Waals surface area contributed by atoms with E-state index < -0.39 is 11.4 Å². The highest BCUT2D eigenvalue weighted by Gasteiger charge is 2.35. The van der Waals surface area contributed by atoms with Crippen molar-refractivity contribution in [3.05, 3.63) is 29.8 Å². The zero-order valence-electron chi connectivity index (χ0n) is 8.65. The molecule has 1 atom stereocenters. The first-order chi connectivity index (χ1) is 7.06. The Bertz CT molecular complexity index is 417. The molecule has 0 bridgehead atoms. The summed E-state index contributed by atoms with van der Waals surface area (Å²) in [5.74, 6) is 1.72. The summed E-state index contributed by atoms with van der Waals surface area (Å²) in [5, 5.41) is 9.11. The van der Waals surface area contributed by atoms with Crippen LogP contribution in [0.4, 0.5) is 0 Å². The van der Waals surface area contributed by atoms with Gasteiger partial charge in [0.25, 0.3) is 0 Å². The molecule has 1 aromatic rings. The molecule has 0 aromatic heterocycles. The monoisotopic (exact) mass is 204 g/mol. The number of carboxylic acids is 1. The van der Waals surface area contributed by atoms with Gasteiger partial charge in [-0.3, -0.25) is 4.79 Å². The van der Waals surface area contributed by atoms with Crippen molar-refractivity contribution in [3.63, 3.8) is 0 Å². The molecule has 15 heavy (non-hydrogen) atoms. The summed E-state index contributed by atoms with van der Waals surface area (Å²) in [6, 6.07) is 6.85. The summed E-state index contributed by atoms with van der Waals surface area (Å²) < 4.78 is 5.08. The molecule has 0 fully saturated rings. The molecule has 0 spiro atoms. The quantitative estimate of drug-likeness (QED) is 0.762. The zero-order valence-corrected chi connectivity index (χ0v) is 8.65. The van der Waals surface area contributed by atoms with Crippen molar-refractivity contribution in [3.8, 4) is 18.1 Å². The lowest BCUT2D eigenvalue weighted by Crippen LogP contribution is -2.30. The van der Waals surface area contributed by atoms with Gasteiger partial charge in [-0.2, -0.15) is 0 Å². The number of hydrogen-bond donors (Lipinski definition) is 1. The van der Waals surface area contributed by atoms with E-state index in [0.29, 0.717) is 11.3 Å². The molecule has 0 amide bonds. The van der Waals surface area contributed by atoms with Crippen LogP contribution in [-0.2, 0) is 10.2 Å². The van der Waals surface area contributed by atoms with Gasteiger partial charge in [-0.1, -0.05) is 24.1 Å². The maximum absolute atomic E-state index is 11.1. The lowest BCUT2D eigenvalue weighted by molar-refractivity contribution is -0.140. The molecule has 0 radical (unpaired) electrons. The smallest absolute Gasteiger partial charge is 0.326 e. The van der Waals surface area contributed by atoms with Gasteiger partial charge in [-0.05, 0) is 13.0 Å². The fraction of sp³-hybridized carbons (Fsp3) is 0.250. The van der Waals surface area contributed by atoms with Crippen LogP contribution in [0.25, 0.3) is 0 Å². The van der Waals surface area contributed by atoms with E-state index in [-0.39, 0.29) is 0 Å². The maximum Gasteiger partial charge on any atom is 0.326 e. The van der Waals surface area contributed by atoms with E-state index in [2.05, 4.69) is 5.92 Å². The van der Waals surface area contributed by atoms with E-state index in [1.54, 1.807) is 24.3 Å². The summed E-state index contributed by atoms with van der Waals surface area (Å²) in [5.41, 5.74) is -0.866. The molecule has 78 valence electrons. The Morgan fingerprint density at radius 1 is 1.53 bits per heavy atom. The number of methoxy groups -OCH3 is 1. The summed E-state index contributed by atoms with van der Waals surface area (Å²) in [6.07, 6.45) is 5.28. The van der Waals surface area contributed by atoms with Crippen molar-refractivity contribution in [1.29, 1.82) is 0 Å². The molecule has 0 saturated carbocycles. The third-order valence-electron chi connectivity index (χ3n) is 2.36. The minimum atomic E-state index is -1.35. The largest absolute Gasteiger partial charge is 0.496 e. The summed E-state index contributed by atoms with van der Waals surface area (Å²) in [6.45, 7) is 1.48. The zero-order chi connectivity index (χ0) is 11.5. The van der Waals surface area contributed by atoms with Crippen LogP contribution in [0.15, 0.2) is 24.3 Å². The van der Waals surface area contributed by atoms with Gasteiger partial charge in [0.1, 0.15) is 5.75 Å². The normalized spacial score (nSPS) is 13.7. The Morgan fingerprint density at radius 2 is 2.13 bits per heavy atom. The first-order valence-electron chi connectivity index (χ1n) is 4.41. The van der Waals surface area contributed by atoms with Gasteiger partial charge in [-0.25, -0.2) is 0 Å². The van der Waals surface area contributed by atoms with Gasteiger partial charge >= 0.3 is 5.97 Å². The first-order valence-corrected chi connectivity index (χ1v) is 4.41. The van der Waals surface area contributed by atoms with E-state index in [9.17, 15) is 4.79 Å². The second kappa shape index (κ2) is 4.05. The number of terminal acetylenes is 1. The second-order valence-electron chi connectivity index (χ2n) is 3.27. The highest BCUT2D eigenvalue weighted by atomic mass is 16.5. The number of aliphatic carboxylic acids is 1. The van der Waals surface area contributed by atoms with E-state index in [1.165, 1.54) is 14.0 Å². The van der Waals surface area contributed by atoms with Gasteiger partial charge in [0.05, 0.1) is 7.11 Å². The number of rotatable bonds is 3. The topological polar surface area (TPSA) is 46.5 Å². The van der Waals surface area contributed by atoms with Gasteiger partial charge in [0.15, 0.2) is 5.41 Å². The van der Waals surface area contributed by atoms with Crippen LogP contribution in [0.3, 0.4) is 0 Å². The highest BCUT2D eigenvalue weighted by molar-refractivity contribution is 5.86. The molecule has 1 N–H and O–H groups in total. The number of para-hydroxylation sites is 1. The maximum atomic E-state index is 11.1. The third-order valence-corrected chi connectivity index (χ3v) is 2.36. The van der Waals surface area contributed by atoms with Crippen LogP contribution >= 0.6 is 0 Å². The predicted molar refractivity (Wildman–Crippen MR) is 56.8 cm³/mol. The molecule has 0 aliphatic heterocycles. The molecule has 1 unspecified atom stereocenters. The van der Waals surface area contributed by atoms with Crippen molar-refractivity contribution >= 4 is 5.97 Å². The molecule has 0 aliphatic carbocycles. The average Bonchev–Trinajstić information content (AvgIpc) is 2.27. The van der Waals surface area contributed by atoms with Crippen LogP contribution in [0.1, 0.15) is 12.5 Å². The molecular weight excluding hydrogens is 192 g/mol.